The number of rotatable bonds is 3. The minimum absolute atomic E-state index is 0.0881. The van der Waals surface area contributed by atoms with Crippen molar-refractivity contribution in [1.82, 2.24) is 10.2 Å². The first-order valence-electron chi connectivity index (χ1n) is 6.13. The third-order valence-corrected chi connectivity index (χ3v) is 3.09. The molecular formula is C15H18N2O2. The summed E-state index contributed by atoms with van der Waals surface area (Å²) in [6.45, 7) is 0.585. The van der Waals surface area contributed by atoms with Crippen LogP contribution in [0.4, 0.5) is 4.79 Å². The Morgan fingerprint density at radius 2 is 1.89 bits per heavy atom. The number of carbonyl (C=O) groups excluding carboxylic acids is 1. The molecule has 0 aliphatic carbocycles. The molecule has 100 valence electrons. The SMILES string of the molecule is CNC(=O)N(C)Cc1ccc2cc(OC)ccc2c1. The van der Waals surface area contributed by atoms with Gasteiger partial charge in [-0.05, 0) is 34.5 Å². The molecule has 2 aromatic rings. The summed E-state index contributed by atoms with van der Waals surface area (Å²) in [7, 11) is 5.07. The van der Waals surface area contributed by atoms with E-state index < -0.39 is 0 Å². The second kappa shape index (κ2) is 5.61. The van der Waals surface area contributed by atoms with Gasteiger partial charge < -0.3 is 15.0 Å². The number of methoxy groups -OCH3 is 1. The van der Waals surface area contributed by atoms with Crippen LogP contribution in [0.15, 0.2) is 36.4 Å². The third-order valence-electron chi connectivity index (χ3n) is 3.09. The molecule has 0 aromatic heterocycles. The van der Waals surface area contributed by atoms with E-state index in [1.54, 1.807) is 26.1 Å². The summed E-state index contributed by atoms with van der Waals surface area (Å²) < 4.78 is 5.20. The molecule has 0 fully saturated rings. The van der Waals surface area contributed by atoms with E-state index in [1.807, 2.05) is 30.3 Å². The lowest BCUT2D eigenvalue weighted by Crippen LogP contribution is -2.34. The first kappa shape index (κ1) is 13.2. The highest BCUT2D eigenvalue weighted by Crippen LogP contribution is 2.22. The van der Waals surface area contributed by atoms with E-state index in [-0.39, 0.29) is 6.03 Å². The fourth-order valence-electron chi connectivity index (χ4n) is 2.04. The molecule has 0 radical (unpaired) electrons. The number of amides is 2. The summed E-state index contributed by atoms with van der Waals surface area (Å²) in [6.07, 6.45) is 0. The van der Waals surface area contributed by atoms with Crippen LogP contribution in [0.1, 0.15) is 5.56 Å². The largest absolute Gasteiger partial charge is 0.497 e. The van der Waals surface area contributed by atoms with E-state index in [0.717, 1.165) is 22.1 Å². The predicted octanol–water partition coefficient (Wildman–Crippen LogP) is 2.62. The molecule has 0 aliphatic rings. The minimum atomic E-state index is -0.0881. The molecule has 0 atom stereocenters. The highest BCUT2D eigenvalue weighted by molar-refractivity contribution is 5.84. The van der Waals surface area contributed by atoms with Gasteiger partial charge in [-0.15, -0.1) is 0 Å². The molecule has 0 heterocycles. The van der Waals surface area contributed by atoms with E-state index in [9.17, 15) is 4.79 Å². The average molecular weight is 258 g/mol. The summed E-state index contributed by atoms with van der Waals surface area (Å²) in [5, 5.41) is 4.88. The number of carbonyl (C=O) groups is 1. The van der Waals surface area contributed by atoms with Crippen molar-refractivity contribution < 1.29 is 9.53 Å². The number of benzene rings is 2. The monoisotopic (exact) mass is 258 g/mol. The zero-order chi connectivity index (χ0) is 13.8. The van der Waals surface area contributed by atoms with Crippen LogP contribution in [0.5, 0.6) is 5.75 Å². The van der Waals surface area contributed by atoms with Crippen LogP contribution in [0, 0.1) is 0 Å². The van der Waals surface area contributed by atoms with Gasteiger partial charge in [0.25, 0.3) is 0 Å². The Morgan fingerprint density at radius 3 is 2.58 bits per heavy atom. The molecule has 2 amide bonds. The molecular weight excluding hydrogens is 240 g/mol. The Bertz CT molecular complexity index is 596. The average Bonchev–Trinajstić information content (AvgIpc) is 2.45. The van der Waals surface area contributed by atoms with Crippen molar-refractivity contribution in [2.24, 2.45) is 0 Å². The van der Waals surface area contributed by atoms with E-state index in [1.165, 1.54) is 0 Å². The predicted molar refractivity (Wildman–Crippen MR) is 76.4 cm³/mol. The molecule has 4 heteroatoms. The number of nitrogens with zero attached hydrogens (tertiary/aromatic N) is 1. The smallest absolute Gasteiger partial charge is 0.317 e. The van der Waals surface area contributed by atoms with E-state index in [2.05, 4.69) is 11.4 Å². The maximum Gasteiger partial charge on any atom is 0.317 e. The Kier molecular flexibility index (Phi) is 3.90. The number of ether oxygens (including phenoxy) is 1. The Morgan fingerprint density at radius 1 is 1.21 bits per heavy atom. The molecule has 19 heavy (non-hydrogen) atoms. The van der Waals surface area contributed by atoms with Crippen LogP contribution in [0.25, 0.3) is 10.8 Å². The molecule has 4 nitrogen and oxygen atoms in total. The van der Waals surface area contributed by atoms with Gasteiger partial charge in [0.2, 0.25) is 0 Å². The number of hydrogen-bond donors (Lipinski definition) is 1. The maximum atomic E-state index is 11.5. The molecule has 1 N–H and O–H groups in total. The molecule has 0 saturated heterocycles. The molecule has 0 saturated carbocycles. The zero-order valence-corrected chi connectivity index (χ0v) is 11.4. The highest BCUT2D eigenvalue weighted by atomic mass is 16.5. The first-order chi connectivity index (χ1) is 9.13. The highest BCUT2D eigenvalue weighted by Gasteiger charge is 2.07. The van der Waals surface area contributed by atoms with Gasteiger partial charge in [0.05, 0.1) is 7.11 Å². The molecule has 0 aliphatic heterocycles. The van der Waals surface area contributed by atoms with Gasteiger partial charge in [0.15, 0.2) is 0 Å². The third kappa shape index (κ3) is 2.96. The van der Waals surface area contributed by atoms with Crippen LogP contribution in [-0.4, -0.2) is 32.1 Å². The number of fused-ring (bicyclic) bond motifs is 1. The molecule has 2 aromatic carbocycles. The fraction of sp³-hybridized carbons (Fsp3) is 0.267. The Balaban J connectivity index is 2.24. The van der Waals surface area contributed by atoms with Crippen LogP contribution < -0.4 is 10.1 Å². The summed E-state index contributed by atoms with van der Waals surface area (Å²) in [6, 6.07) is 12.0. The summed E-state index contributed by atoms with van der Waals surface area (Å²) in [5.74, 6) is 0.850. The Labute approximate surface area is 113 Å². The van der Waals surface area contributed by atoms with Gasteiger partial charge >= 0.3 is 6.03 Å². The van der Waals surface area contributed by atoms with Crippen molar-refractivity contribution in [3.05, 3.63) is 42.0 Å². The van der Waals surface area contributed by atoms with Gasteiger partial charge in [0, 0.05) is 20.6 Å². The van der Waals surface area contributed by atoms with Gasteiger partial charge in [-0.25, -0.2) is 4.79 Å². The quantitative estimate of drug-likeness (QED) is 0.919. The van der Waals surface area contributed by atoms with E-state index >= 15 is 0 Å². The second-order valence-electron chi connectivity index (χ2n) is 4.46. The van der Waals surface area contributed by atoms with E-state index in [4.69, 9.17) is 4.74 Å². The number of urea groups is 1. The van der Waals surface area contributed by atoms with E-state index in [0.29, 0.717) is 6.54 Å². The van der Waals surface area contributed by atoms with Crippen molar-refractivity contribution in [3.63, 3.8) is 0 Å². The number of nitrogens with one attached hydrogen (secondary N) is 1. The zero-order valence-electron chi connectivity index (χ0n) is 11.4. The standard InChI is InChI=1S/C15H18N2O2/c1-16-15(18)17(2)10-11-4-5-13-9-14(19-3)7-6-12(13)8-11/h4-9H,10H2,1-3H3,(H,16,18). The van der Waals surface area contributed by atoms with Crippen molar-refractivity contribution in [1.29, 1.82) is 0 Å². The lowest BCUT2D eigenvalue weighted by molar-refractivity contribution is 0.209. The maximum absolute atomic E-state index is 11.5. The number of hydrogen-bond acceptors (Lipinski definition) is 2. The lowest BCUT2D eigenvalue weighted by atomic mass is 10.1. The topological polar surface area (TPSA) is 41.6 Å². The van der Waals surface area contributed by atoms with Gasteiger partial charge in [0.1, 0.15) is 5.75 Å². The minimum Gasteiger partial charge on any atom is -0.497 e. The summed E-state index contributed by atoms with van der Waals surface area (Å²) in [5.41, 5.74) is 1.10. The Hall–Kier alpha value is -2.23. The lowest BCUT2D eigenvalue weighted by Gasteiger charge is -2.16. The van der Waals surface area contributed by atoms with Crippen molar-refractivity contribution in [2.75, 3.05) is 21.2 Å². The van der Waals surface area contributed by atoms with Gasteiger partial charge in [-0.3, -0.25) is 0 Å². The summed E-state index contributed by atoms with van der Waals surface area (Å²) >= 11 is 0. The molecule has 0 bridgehead atoms. The van der Waals surface area contributed by atoms with Crippen LogP contribution in [0.3, 0.4) is 0 Å². The van der Waals surface area contributed by atoms with Crippen LogP contribution >= 0.6 is 0 Å². The van der Waals surface area contributed by atoms with Crippen molar-refractivity contribution in [3.8, 4) is 5.75 Å². The molecule has 2 rings (SSSR count). The molecule has 0 spiro atoms. The fourth-order valence-corrected chi connectivity index (χ4v) is 2.04. The van der Waals surface area contributed by atoms with Gasteiger partial charge in [-0.1, -0.05) is 18.2 Å². The van der Waals surface area contributed by atoms with Crippen LogP contribution in [0.2, 0.25) is 0 Å². The van der Waals surface area contributed by atoms with Crippen molar-refractivity contribution in [2.45, 2.75) is 6.54 Å². The van der Waals surface area contributed by atoms with Crippen LogP contribution in [-0.2, 0) is 6.54 Å². The molecule has 0 unspecified atom stereocenters. The second-order valence-corrected chi connectivity index (χ2v) is 4.46. The first-order valence-corrected chi connectivity index (χ1v) is 6.13. The normalized spacial score (nSPS) is 10.3. The summed E-state index contributed by atoms with van der Waals surface area (Å²) in [4.78, 5) is 13.1. The van der Waals surface area contributed by atoms with Crippen molar-refractivity contribution >= 4 is 16.8 Å². The van der Waals surface area contributed by atoms with Gasteiger partial charge in [-0.2, -0.15) is 0 Å².